The molecule has 0 fully saturated rings. The van der Waals surface area contributed by atoms with E-state index in [0.717, 1.165) is 23.8 Å². The van der Waals surface area contributed by atoms with Crippen LogP contribution in [0.5, 0.6) is 0 Å². The van der Waals surface area contributed by atoms with Gasteiger partial charge in [0.05, 0.1) is 24.7 Å². The van der Waals surface area contributed by atoms with E-state index in [4.69, 9.17) is 4.42 Å². The molecule has 0 saturated heterocycles. The Morgan fingerprint density at radius 2 is 1.69 bits per heavy atom. The second-order valence-electron chi connectivity index (χ2n) is 8.58. The molecule has 0 atom stereocenters. The van der Waals surface area contributed by atoms with Gasteiger partial charge in [0.1, 0.15) is 5.76 Å². The third kappa shape index (κ3) is 6.17. The van der Waals surface area contributed by atoms with Crippen molar-refractivity contribution < 1.29 is 17.6 Å². The van der Waals surface area contributed by atoms with Crippen LogP contribution in [-0.4, -0.2) is 30.5 Å². The maximum absolute atomic E-state index is 13.4. The fraction of sp³-hybridized carbons (Fsp3) is 0.222. The zero-order valence-electron chi connectivity index (χ0n) is 20.4. The van der Waals surface area contributed by atoms with Crippen molar-refractivity contribution in [2.75, 3.05) is 16.5 Å². The van der Waals surface area contributed by atoms with Gasteiger partial charge < -0.3 is 14.6 Å². The van der Waals surface area contributed by atoms with Crippen LogP contribution in [0.2, 0.25) is 0 Å². The molecule has 36 heavy (non-hydrogen) atoms. The van der Waals surface area contributed by atoms with Crippen LogP contribution >= 0.6 is 0 Å². The molecular formula is C27H28N4O4S. The molecule has 8 nitrogen and oxygen atoms in total. The summed E-state index contributed by atoms with van der Waals surface area (Å²) in [7, 11) is -3.74. The number of nitrogens with one attached hydrogen (secondary N) is 1. The fourth-order valence-corrected chi connectivity index (χ4v) is 4.18. The van der Waals surface area contributed by atoms with Crippen molar-refractivity contribution in [1.29, 1.82) is 0 Å². The molecular weight excluding hydrogens is 476 g/mol. The first-order valence-electron chi connectivity index (χ1n) is 11.5. The zero-order chi connectivity index (χ0) is 25.7. The predicted molar refractivity (Wildman–Crippen MR) is 139 cm³/mol. The number of carbonyl (C=O) groups excluding carboxylic acids is 1. The van der Waals surface area contributed by atoms with Gasteiger partial charge >= 0.3 is 0 Å². The molecule has 0 saturated carbocycles. The number of hydrogen-bond donors (Lipinski definition) is 1. The molecule has 4 aromatic rings. The van der Waals surface area contributed by atoms with Gasteiger partial charge in [-0.3, -0.25) is 4.79 Å². The Morgan fingerprint density at radius 1 is 1.00 bits per heavy atom. The minimum absolute atomic E-state index is 0.0391. The van der Waals surface area contributed by atoms with Crippen molar-refractivity contribution in [3.05, 3.63) is 101 Å². The largest absolute Gasteiger partial charge is 0.467 e. The Bertz CT molecular complexity index is 1430. The molecule has 9 heteroatoms. The fourth-order valence-electron chi connectivity index (χ4n) is 3.68. The highest BCUT2D eigenvalue weighted by atomic mass is 32.2. The van der Waals surface area contributed by atoms with Crippen LogP contribution in [0.3, 0.4) is 0 Å². The Balaban J connectivity index is 1.76. The lowest BCUT2D eigenvalue weighted by molar-refractivity contribution is 0.102. The van der Waals surface area contributed by atoms with Crippen LogP contribution in [0.4, 0.5) is 11.4 Å². The van der Waals surface area contributed by atoms with E-state index in [0.29, 0.717) is 30.2 Å². The molecule has 2 heterocycles. The highest BCUT2D eigenvalue weighted by molar-refractivity contribution is 7.90. The van der Waals surface area contributed by atoms with Gasteiger partial charge in [-0.2, -0.15) is 0 Å². The number of anilines is 2. The van der Waals surface area contributed by atoms with Gasteiger partial charge in [-0.05, 0) is 48.7 Å². The molecule has 0 bridgehead atoms. The first kappa shape index (κ1) is 25.1. The van der Waals surface area contributed by atoms with Crippen LogP contribution in [-0.2, 0) is 29.3 Å². The van der Waals surface area contributed by atoms with Gasteiger partial charge in [0.15, 0.2) is 5.69 Å². The van der Waals surface area contributed by atoms with E-state index >= 15 is 0 Å². The van der Waals surface area contributed by atoms with Crippen LogP contribution in [0.15, 0.2) is 82.7 Å². The summed E-state index contributed by atoms with van der Waals surface area (Å²) in [5.41, 5.74) is 4.20. The number of aromatic nitrogens is 2. The van der Waals surface area contributed by atoms with Crippen LogP contribution in [0, 0.1) is 6.92 Å². The highest BCUT2D eigenvalue weighted by Crippen LogP contribution is 2.25. The summed E-state index contributed by atoms with van der Waals surface area (Å²) in [4.78, 5) is 23.6. The molecule has 186 valence electrons. The van der Waals surface area contributed by atoms with Gasteiger partial charge in [-0.1, -0.05) is 48.9 Å². The molecule has 2 aromatic heterocycles. The van der Waals surface area contributed by atoms with Crippen LogP contribution in [0.1, 0.15) is 39.9 Å². The summed E-state index contributed by atoms with van der Waals surface area (Å²) in [6.07, 6.45) is 4.91. The zero-order valence-corrected chi connectivity index (χ0v) is 21.2. The number of sulfone groups is 1. The van der Waals surface area contributed by atoms with E-state index in [2.05, 4.69) is 34.3 Å². The van der Waals surface area contributed by atoms with Crippen molar-refractivity contribution in [1.82, 2.24) is 9.97 Å². The highest BCUT2D eigenvalue weighted by Gasteiger charge is 2.24. The third-order valence-electron chi connectivity index (χ3n) is 5.68. The molecule has 2 aromatic carbocycles. The Morgan fingerprint density at radius 3 is 2.31 bits per heavy atom. The minimum Gasteiger partial charge on any atom is -0.467 e. The monoisotopic (exact) mass is 504 g/mol. The first-order valence-corrected chi connectivity index (χ1v) is 13.4. The first-order chi connectivity index (χ1) is 17.2. The minimum atomic E-state index is -3.74. The molecule has 4 rings (SSSR count). The Hall–Kier alpha value is -3.98. The quantitative estimate of drug-likeness (QED) is 0.326. The lowest BCUT2D eigenvalue weighted by Gasteiger charge is -2.25. The number of nitrogens with zero attached hydrogens (tertiary/aromatic N) is 3. The van der Waals surface area contributed by atoms with Crippen molar-refractivity contribution in [3.8, 4) is 0 Å². The summed E-state index contributed by atoms with van der Waals surface area (Å²) in [5, 5.41) is 2.41. The van der Waals surface area contributed by atoms with Gasteiger partial charge in [0.2, 0.25) is 15.0 Å². The second kappa shape index (κ2) is 10.7. The second-order valence-corrected chi connectivity index (χ2v) is 10.5. The molecule has 0 spiro atoms. The standard InChI is InChI=1S/C27H28N4O4S/c1-4-20-9-11-21(12-10-20)17-31(18-23-6-5-15-35-23)24-16-28-27(36(3,33)34)30-25(24)26(32)29-22-13-7-19(2)8-14-22/h5-16H,4,17-18H2,1-3H3,(H,29,32). The number of amides is 1. The van der Waals surface area contributed by atoms with Gasteiger partial charge in [-0.25, -0.2) is 18.4 Å². The molecule has 0 radical (unpaired) electrons. The van der Waals surface area contributed by atoms with Crippen LogP contribution in [0.25, 0.3) is 0 Å². The summed E-state index contributed by atoms with van der Waals surface area (Å²) >= 11 is 0. The van der Waals surface area contributed by atoms with Gasteiger partial charge in [0, 0.05) is 18.5 Å². The number of aryl methyl sites for hydroxylation is 2. The van der Waals surface area contributed by atoms with E-state index in [1.54, 1.807) is 24.5 Å². The normalized spacial score (nSPS) is 11.3. The molecule has 1 N–H and O–H groups in total. The van der Waals surface area contributed by atoms with Gasteiger partial charge in [-0.15, -0.1) is 0 Å². The summed E-state index contributed by atoms with van der Waals surface area (Å²) in [5.74, 6) is 0.143. The van der Waals surface area contributed by atoms with E-state index in [1.807, 2.05) is 42.2 Å². The number of hydrogen-bond acceptors (Lipinski definition) is 7. The van der Waals surface area contributed by atoms with Crippen molar-refractivity contribution in [2.45, 2.75) is 38.5 Å². The molecule has 0 aliphatic carbocycles. The average molecular weight is 505 g/mol. The van der Waals surface area contributed by atoms with E-state index in [-0.39, 0.29) is 5.69 Å². The molecule has 0 unspecified atom stereocenters. The summed E-state index contributed by atoms with van der Waals surface area (Å²) in [6, 6.07) is 19.1. The van der Waals surface area contributed by atoms with Crippen molar-refractivity contribution in [2.24, 2.45) is 0 Å². The maximum atomic E-state index is 13.4. The van der Waals surface area contributed by atoms with E-state index in [1.165, 1.54) is 11.8 Å². The van der Waals surface area contributed by atoms with Gasteiger partial charge in [0.25, 0.3) is 5.91 Å². The average Bonchev–Trinajstić information content (AvgIpc) is 3.38. The number of carbonyl (C=O) groups is 1. The van der Waals surface area contributed by atoms with Crippen molar-refractivity contribution in [3.63, 3.8) is 0 Å². The Labute approximate surface area is 210 Å². The van der Waals surface area contributed by atoms with Crippen molar-refractivity contribution >= 4 is 27.1 Å². The van der Waals surface area contributed by atoms with Crippen LogP contribution < -0.4 is 10.2 Å². The number of benzene rings is 2. The molecule has 0 aliphatic rings. The van der Waals surface area contributed by atoms with E-state index < -0.39 is 20.9 Å². The SMILES string of the molecule is CCc1ccc(CN(Cc2ccco2)c2cnc(S(C)(=O)=O)nc2C(=O)Nc2ccc(C)cc2)cc1. The number of furan rings is 1. The lowest BCUT2D eigenvalue weighted by atomic mass is 10.1. The smallest absolute Gasteiger partial charge is 0.276 e. The molecule has 1 amide bonds. The predicted octanol–water partition coefficient (Wildman–Crippen LogP) is 4.80. The third-order valence-corrected chi connectivity index (χ3v) is 6.54. The Kier molecular flexibility index (Phi) is 7.49. The topological polar surface area (TPSA) is 105 Å². The summed E-state index contributed by atoms with van der Waals surface area (Å²) < 4.78 is 30.0. The lowest BCUT2D eigenvalue weighted by Crippen LogP contribution is -2.27. The van der Waals surface area contributed by atoms with E-state index in [9.17, 15) is 13.2 Å². The maximum Gasteiger partial charge on any atom is 0.276 e. The number of rotatable bonds is 9. The molecule has 0 aliphatic heterocycles. The summed E-state index contributed by atoms with van der Waals surface area (Å²) in [6.45, 7) is 4.80.